The van der Waals surface area contributed by atoms with Gasteiger partial charge in [0.2, 0.25) is 0 Å². The number of benzene rings is 2. The molecule has 2 fully saturated rings. The lowest BCUT2D eigenvalue weighted by molar-refractivity contribution is 0.0704. The third kappa shape index (κ3) is 4.56. The van der Waals surface area contributed by atoms with Gasteiger partial charge < -0.3 is 15.1 Å². The minimum absolute atomic E-state index is 0.170. The summed E-state index contributed by atoms with van der Waals surface area (Å²) in [7, 11) is 0. The average molecular weight is 378 g/mol. The standard InChI is InChI=1S/C24H31N3O/c1-19-7-9-23(10-8-19)27-14-11-20(18-27)17-25-22-12-15-26(16-13-22)24(28)21-5-3-2-4-6-21/h2-10,20,22,25H,11-18H2,1H3/t20-/m1/s1. The van der Waals surface area contributed by atoms with Gasteiger partial charge in [-0.1, -0.05) is 35.9 Å². The molecule has 1 amide bonds. The van der Waals surface area contributed by atoms with Crippen LogP contribution in [0.15, 0.2) is 54.6 Å². The van der Waals surface area contributed by atoms with Gasteiger partial charge in [-0.05, 0) is 62.9 Å². The molecule has 0 unspecified atom stereocenters. The molecule has 0 bridgehead atoms. The molecule has 4 rings (SSSR count). The van der Waals surface area contributed by atoms with E-state index >= 15 is 0 Å². The van der Waals surface area contributed by atoms with Crippen LogP contribution in [-0.2, 0) is 0 Å². The van der Waals surface area contributed by atoms with Crippen LogP contribution in [0.2, 0.25) is 0 Å². The number of likely N-dealkylation sites (tertiary alicyclic amines) is 1. The maximum atomic E-state index is 12.6. The summed E-state index contributed by atoms with van der Waals surface area (Å²) in [6.07, 6.45) is 3.35. The molecule has 0 radical (unpaired) electrons. The zero-order valence-corrected chi connectivity index (χ0v) is 16.8. The van der Waals surface area contributed by atoms with Crippen LogP contribution < -0.4 is 10.2 Å². The van der Waals surface area contributed by atoms with E-state index in [1.807, 2.05) is 35.2 Å². The molecule has 2 aromatic carbocycles. The van der Waals surface area contributed by atoms with Gasteiger partial charge in [-0.15, -0.1) is 0 Å². The topological polar surface area (TPSA) is 35.6 Å². The molecule has 2 aliphatic heterocycles. The first-order valence-corrected chi connectivity index (χ1v) is 10.6. The number of piperidine rings is 1. The van der Waals surface area contributed by atoms with Crippen molar-refractivity contribution >= 4 is 11.6 Å². The van der Waals surface area contributed by atoms with E-state index in [1.54, 1.807) is 0 Å². The molecule has 0 aromatic heterocycles. The smallest absolute Gasteiger partial charge is 0.253 e. The Morgan fingerprint density at radius 1 is 0.964 bits per heavy atom. The predicted molar refractivity (Wildman–Crippen MR) is 115 cm³/mol. The molecule has 2 aromatic rings. The van der Waals surface area contributed by atoms with Crippen molar-refractivity contribution in [1.29, 1.82) is 0 Å². The minimum atomic E-state index is 0.170. The summed E-state index contributed by atoms with van der Waals surface area (Å²) >= 11 is 0. The van der Waals surface area contributed by atoms with Crippen LogP contribution in [0.3, 0.4) is 0 Å². The van der Waals surface area contributed by atoms with Gasteiger partial charge in [-0.3, -0.25) is 4.79 Å². The van der Waals surface area contributed by atoms with Crippen molar-refractivity contribution in [3.05, 3.63) is 65.7 Å². The van der Waals surface area contributed by atoms with Gasteiger partial charge in [0, 0.05) is 43.5 Å². The number of carbonyl (C=O) groups is 1. The normalized spacial score (nSPS) is 20.5. The third-order valence-electron chi connectivity index (χ3n) is 6.18. The zero-order valence-electron chi connectivity index (χ0n) is 16.8. The molecule has 148 valence electrons. The number of nitrogens with zero attached hydrogens (tertiary/aromatic N) is 2. The number of rotatable bonds is 5. The molecule has 0 aliphatic carbocycles. The molecule has 1 atom stereocenters. The summed E-state index contributed by atoms with van der Waals surface area (Å²) in [5.41, 5.74) is 3.47. The molecule has 0 saturated carbocycles. The minimum Gasteiger partial charge on any atom is -0.371 e. The molecular formula is C24H31N3O. The van der Waals surface area contributed by atoms with Gasteiger partial charge in [0.15, 0.2) is 0 Å². The number of aryl methyl sites for hydroxylation is 1. The van der Waals surface area contributed by atoms with Crippen LogP contribution in [0, 0.1) is 12.8 Å². The highest BCUT2D eigenvalue weighted by atomic mass is 16.2. The Labute approximate surface area is 168 Å². The fourth-order valence-electron chi connectivity index (χ4n) is 4.37. The summed E-state index contributed by atoms with van der Waals surface area (Å²) in [5, 5.41) is 3.78. The summed E-state index contributed by atoms with van der Waals surface area (Å²) in [5.74, 6) is 0.883. The van der Waals surface area contributed by atoms with Crippen molar-refractivity contribution in [2.75, 3.05) is 37.6 Å². The molecular weight excluding hydrogens is 346 g/mol. The molecule has 1 N–H and O–H groups in total. The zero-order chi connectivity index (χ0) is 19.3. The van der Waals surface area contributed by atoms with E-state index in [4.69, 9.17) is 0 Å². The van der Waals surface area contributed by atoms with Crippen molar-refractivity contribution in [1.82, 2.24) is 10.2 Å². The SMILES string of the molecule is Cc1ccc(N2CC[C@H](CNC3CCN(C(=O)c4ccccc4)CC3)C2)cc1. The van der Waals surface area contributed by atoms with E-state index in [-0.39, 0.29) is 5.91 Å². The average Bonchev–Trinajstić information content (AvgIpc) is 3.22. The monoisotopic (exact) mass is 377 g/mol. The molecule has 0 spiro atoms. The fraction of sp³-hybridized carbons (Fsp3) is 0.458. The number of hydrogen-bond acceptors (Lipinski definition) is 3. The Kier molecular flexibility index (Phi) is 5.96. The van der Waals surface area contributed by atoms with Crippen LogP contribution in [0.4, 0.5) is 5.69 Å². The quantitative estimate of drug-likeness (QED) is 0.863. The van der Waals surface area contributed by atoms with Gasteiger partial charge in [0.1, 0.15) is 0 Å². The van der Waals surface area contributed by atoms with Gasteiger partial charge in [-0.2, -0.15) is 0 Å². The highest BCUT2D eigenvalue weighted by Crippen LogP contribution is 2.24. The summed E-state index contributed by atoms with van der Waals surface area (Å²) in [4.78, 5) is 17.1. The van der Waals surface area contributed by atoms with E-state index < -0.39 is 0 Å². The van der Waals surface area contributed by atoms with E-state index in [1.165, 1.54) is 17.7 Å². The highest BCUT2D eigenvalue weighted by Gasteiger charge is 2.26. The van der Waals surface area contributed by atoms with Gasteiger partial charge >= 0.3 is 0 Å². The van der Waals surface area contributed by atoms with Crippen LogP contribution in [0.1, 0.15) is 35.2 Å². The van der Waals surface area contributed by atoms with E-state index in [0.29, 0.717) is 12.0 Å². The van der Waals surface area contributed by atoms with Gasteiger partial charge in [0.25, 0.3) is 5.91 Å². The lowest BCUT2D eigenvalue weighted by atomic mass is 10.0. The van der Waals surface area contributed by atoms with Crippen LogP contribution >= 0.6 is 0 Å². The maximum absolute atomic E-state index is 12.6. The molecule has 2 heterocycles. The lowest BCUT2D eigenvalue weighted by Gasteiger charge is -2.33. The summed E-state index contributed by atoms with van der Waals surface area (Å²) in [6.45, 7) is 7.22. The molecule has 28 heavy (non-hydrogen) atoms. The van der Waals surface area contributed by atoms with E-state index in [9.17, 15) is 4.79 Å². The second-order valence-electron chi connectivity index (χ2n) is 8.28. The first kappa shape index (κ1) is 19.0. The molecule has 4 nitrogen and oxygen atoms in total. The molecule has 2 saturated heterocycles. The number of amides is 1. The first-order valence-electron chi connectivity index (χ1n) is 10.6. The Bertz CT molecular complexity index is 766. The van der Waals surface area contributed by atoms with E-state index in [0.717, 1.165) is 51.1 Å². The fourth-order valence-corrected chi connectivity index (χ4v) is 4.37. The third-order valence-corrected chi connectivity index (χ3v) is 6.18. The Balaban J connectivity index is 1.20. The Morgan fingerprint density at radius 2 is 1.68 bits per heavy atom. The molecule has 2 aliphatic rings. The van der Waals surface area contributed by atoms with Gasteiger partial charge in [0.05, 0.1) is 0 Å². The van der Waals surface area contributed by atoms with Crippen LogP contribution in [0.5, 0.6) is 0 Å². The number of carbonyl (C=O) groups excluding carboxylic acids is 1. The maximum Gasteiger partial charge on any atom is 0.253 e. The van der Waals surface area contributed by atoms with Gasteiger partial charge in [-0.25, -0.2) is 0 Å². The number of anilines is 1. The number of nitrogens with one attached hydrogen (secondary N) is 1. The first-order chi connectivity index (χ1) is 13.7. The largest absolute Gasteiger partial charge is 0.371 e. The number of hydrogen-bond donors (Lipinski definition) is 1. The van der Waals surface area contributed by atoms with Crippen molar-refractivity contribution in [2.45, 2.75) is 32.2 Å². The van der Waals surface area contributed by atoms with Crippen LogP contribution in [-0.4, -0.2) is 49.6 Å². The summed E-state index contributed by atoms with van der Waals surface area (Å²) < 4.78 is 0. The highest BCUT2D eigenvalue weighted by molar-refractivity contribution is 5.94. The second-order valence-corrected chi connectivity index (χ2v) is 8.28. The van der Waals surface area contributed by atoms with E-state index in [2.05, 4.69) is 41.4 Å². The van der Waals surface area contributed by atoms with Crippen molar-refractivity contribution < 1.29 is 4.79 Å². The Morgan fingerprint density at radius 3 is 2.39 bits per heavy atom. The Hall–Kier alpha value is -2.33. The lowest BCUT2D eigenvalue weighted by Crippen LogP contribution is -2.46. The summed E-state index contributed by atoms with van der Waals surface area (Å²) in [6, 6.07) is 19.1. The van der Waals surface area contributed by atoms with Crippen LogP contribution in [0.25, 0.3) is 0 Å². The second kappa shape index (κ2) is 8.78. The predicted octanol–water partition coefficient (Wildman–Crippen LogP) is 3.72. The van der Waals surface area contributed by atoms with Crippen molar-refractivity contribution in [3.63, 3.8) is 0 Å². The molecule has 4 heteroatoms. The van der Waals surface area contributed by atoms with Crippen molar-refractivity contribution in [2.24, 2.45) is 5.92 Å². The van der Waals surface area contributed by atoms with Crippen molar-refractivity contribution in [3.8, 4) is 0 Å².